The molecule has 0 aliphatic carbocycles. The Kier molecular flexibility index (Phi) is 5.31. The van der Waals surface area contributed by atoms with Gasteiger partial charge in [0.15, 0.2) is 0 Å². The van der Waals surface area contributed by atoms with Crippen LogP contribution in [-0.4, -0.2) is 36.3 Å². The molecule has 0 spiro atoms. The smallest absolute Gasteiger partial charge is 0.331 e. The fraction of sp³-hybridized carbons (Fsp3) is 0.545. The van der Waals surface area contributed by atoms with E-state index in [9.17, 15) is 10.1 Å². The molecule has 7 heteroatoms. The summed E-state index contributed by atoms with van der Waals surface area (Å²) in [6.07, 6.45) is -0.176. The first-order chi connectivity index (χ1) is 8.54. The average Bonchev–Trinajstić information content (AvgIpc) is 2.28. The third kappa shape index (κ3) is 4.17. The molecule has 0 saturated heterocycles. The van der Waals surface area contributed by atoms with Crippen LogP contribution in [-0.2, 0) is 4.74 Å². The molecule has 0 fully saturated rings. The molecule has 1 N–H and O–H groups in total. The quantitative estimate of drug-likeness (QED) is 0.454. The van der Waals surface area contributed by atoms with Crippen LogP contribution in [0.1, 0.15) is 13.8 Å². The van der Waals surface area contributed by atoms with Crippen molar-refractivity contribution in [1.29, 1.82) is 0 Å². The van der Waals surface area contributed by atoms with E-state index in [4.69, 9.17) is 9.47 Å². The predicted molar refractivity (Wildman–Crippen MR) is 67.0 cm³/mol. The summed E-state index contributed by atoms with van der Waals surface area (Å²) >= 11 is 0. The van der Waals surface area contributed by atoms with E-state index in [0.29, 0.717) is 19.0 Å². The molecule has 0 saturated carbocycles. The fourth-order valence-electron chi connectivity index (χ4n) is 1.26. The van der Waals surface area contributed by atoms with Gasteiger partial charge in [0, 0.05) is 19.7 Å². The summed E-state index contributed by atoms with van der Waals surface area (Å²) in [4.78, 5) is 14.4. The zero-order chi connectivity index (χ0) is 13.5. The van der Waals surface area contributed by atoms with Crippen LogP contribution in [0.4, 0.5) is 11.5 Å². The zero-order valence-corrected chi connectivity index (χ0v) is 10.7. The minimum atomic E-state index is -0.510. The number of hydrogen-bond acceptors (Lipinski definition) is 6. The summed E-state index contributed by atoms with van der Waals surface area (Å²) < 4.78 is 10.2. The summed E-state index contributed by atoms with van der Waals surface area (Å²) in [7, 11) is 1.60. The zero-order valence-electron chi connectivity index (χ0n) is 10.7. The van der Waals surface area contributed by atoms with Gasteiger partial charge in [-0.3, -0.25) is 10.1 Å². The number of hydrogen-bond donors (Lipinski definition) is 1. The van der Waals surface area contributed by atoms with E-state index in [1.165, 1.54) is 6.07 Å². The molecule has 0 aromatic carbocycles. The summed E-state index contributed by atoms with van der Waals surface area (Å²) in [5.74, 6) is 0.547. The van der Waals surface area contributed by atoms with Crippen molar-refractivity contribution in [3.05, 3.63) is 22.2 Å². The van der Waals surface area contributed by atoms with Crippen LogP contribution >= 0.6 is 0 Å². The van der Waals surface area contributed by atoms with Crippen molar-refractivity contribution in [3.8, 4) is 5.88 Å². The van der Waals surface area contributed by atoms with Crippen molar-refractivity contribution < 1.29 is 14.4 Å². The molecule has 100 valence electrons. The number of ether oxygens (including phenoxy) is 2. The Balaban J connectivity index is 2.87. The molecule has 0 radical (unpaired) electrons. The molecule has 1 heterocycles. The monoisotopic (exact) mass is 255 g/mol. The number of nitrogens with zero attached hydrogens (tertiary/aromatic N) is 2. The SMILES string of the molecule is COCCNc1ccc([N+](=O)[O-])c(OC(C)C)n1. The fourth-order valence-corrected chi connectivity index (χ4v) is 1.26. The Bertz CT molecular complexity index is 409. The van der Waals surface area contributed by atoms with Crippen LogP contribution in [0.3, 0.4) is 0 Å². The van der Waals surface area contributed by atoms with E-state index in [1.54, 1.807) is 27.0 Å². The topological polar surface area (TPSA) is 86.5 Å². The van der Waals surface area contributed by atoms with Crippen molar-refractivity contribution in [2.45, 2.75) is 20.0 Å². The van der Waals surface area contributed by atoms with Crippen LogP contribution in [0.2, 0.25) is 0 Å². The number of anilines is 1. The Hall–Kier alpha value is -1.89. The second kappa shape index (κ2) is 6.75. The molecule has 1 rings (SSSR count). The maximum absolute atomic E-state index is 10.8. The van der Waals surface area contributed by atoms with Gasteiger partial charge in [0.1, 0.15) is 5.82 Å². The van der Waals surface area contributed by atoms with Crippen molar-refractivity contribution in [2.75, 3.05) is 25.6 Å². The Labute approximate surface area is 105 Å². The van der Waals surface area contributed by atoms with Crippen LogP contribution in [0.15, 0.2) is 12.1 Å². The Morgan fingerprint density at radius 2 is 2.22 bits per heavy atom. The maximum Gasteiger partial charge on any atom is 0.331 e. The normalized spacial score (nSPS) is 10.4. The Morgan fingerprint density at radius 1 is 1.50 bits per heavy atom. The minimum absolute atomic E-state index is 0.0254. The van der Waals surface area contributed by atoms with E-state index in [-0.39, 0.29) is 17.7 Å². The van der Waals surface area contributed by atoms with Crippen molar-refractivity contribution in [1.82, 2.24) is 4.98 Å². The van der Waals surface area contributed by atoms with Crippen molar-refractivity contribution >= 4 is 11.5 Å². The number of nitrogens with one attached hydrogen (secondary N) is 1. The standard InChI is InChI=1S/C11H17N3O4/c1-8(2)18-11-9(14(15)16)4-5-10(13-11)12-6-7-17-3/h4-5,8H,6-7H2,1-3H3,(H,12,13). The van der Waals surface area contributed by atoms with Crippen LogP contribution in [0.5, 0.6) is 5.88 Å². The molecule has 1 aromatic rings. The van der Waals surface area contributed by atoms with Crippen molar-refractivity contribution in [2.24, 2.45) is 0 Å². The van der Waals surface area contributed by atoms with E-state index >= 15 is 0 Å². The van der Waals surface area contributed by atoms with Gasteiger partial charge in [0.05, 0.1) is 17.6 Å². The lowest BCUT2D eigenvalue weighted by molar-refractivity contribution is -0.386. The average molecular weight is 255 g/mol. The lowest BCUT2D eigenvalue weighted by Crippen LogP contribution is -2.12. The highest BCUT2D eigenvalue weighted by molar-refractivity contribution is 5.49. The van der Waals surface area contributed by atoms with Gasteiger partial charge < -0.3 is 14.8 Å². The third-order valence-corrected chi connectivity index (χ3v) is 2.00. The first kappa shape index (κ1) is 14.2. The van der Waals surface area contributed by atoms with Gasteiger partial charge in [-0.25, -0.2) is 0 Å². The van der Waals surface area contributed by atoms with Crippen LogP contribution < -0.4 is 10.1 Å². The van der Waals surface area contributed by atoms with Gasteiger partial charge in [-0.1, -0.05) is 0 Å². The van der Waals surface area contributed by atoms with E-state index in [0.717, 1.165) is 0 Å². The molecule has 0 aliphatic heterocycles. The summed E-state index contributed by atoms with van der Waals surface area (Å²) in [6, 6.07) is 2.92. The molecule has 0 aliphatic rings. The van der Waals surface area contributed by atoms with Gasteiger partial charge in [-0.2, -0.15) is 4.98 Å². The first-order valence-electron chi connectivity index (χ1n) is 5.59. The number of pyridine rings is 1. The molecular formula is C11H17N3O4. The van der Waals surface area contributed by atoms with Gasteiger partial charge in [0.25, 0.3) is 5.88 Å². The van der Waals surface area contributed by atoms with Gasteiger partial charge >= 0.3 is 5.69 Å². The first-order valence-corrected chi connectivity index (χ1v) is 5.59. The number of methoxy groups -OCH3 is 1. The van der Waals surface area contributed by atoms with E-state index in [1.807, 2.05) is 0 Å². The summed E-state index contributed by atoms with van der Waals surface area (Å²) in [6.45, 7) is 4.67. The maximum atomic E-state index is 10.8. The van der Waals surface area contributed by atoms with E-state index < -0.39 is 4.92 Å². The largest absolute Gasteiger partial charge is 0.470 e. The summed E-state index contributed by atoms with van der Waals surface area (Å²) in [5.41, 5.74) is -0.138. The van der Waals surface area contributed by atoms with Crippen molar-refractivity contribution in [3.63, 3.8) is 0 Å². The van der Waals surface area contributed by atoms with Gasteiger partial charge in [0.2, 0.25) is 0 Å². The second-order valence-electron chi connectivity index (χ2n) is 3.86. The number of nitro groups is 1. The van der Waals surface area contributed by atoms with Gasteiger partial charge in [-0.15, -0.1) is 0 Å². The highest BCUT2D eigenvalue weighted by atomic mass is 16.6. The van der Waals surface area contributed by atoms with Crippen LogP contribution in [0.25, 0.3) is 0 Å². The van der Waals surface area contributed by atoms with Crippen LogP contribution in [0, 0.1) is 10.1 Å². The third-order valence-electron chi connectivity index (χ3n) is 2.00. The molecule has 18 heavy (non-hydrogen) atoms. The summed E-state index contributed by atoms with van der Waals surface area (Å²) in [5, 5.41) is 13.8. The molecule has 1 aromatic heterocycles. The second-order valence-corrected chi connectivity index (χ2v) is 3.86. The molecule has 0 bridgehead atoms. The highest BCUT2D eigenvalue weighted by Gasteiger charge is 2.18. The van der Waals surface area contributed by atoms with Gasteiger partial charge in [-0.05, 0) is 19.9 Å². The molecule has 7 nitrogen and oxygen atoms in total. The highest BCUT2D eigenvalue weighted by Crippen LogP contribution is 2.26. The lowest BCUT2D eigenvalue weighted by atomic mass is 10.4. The number of rotatable bonds is 7. The molecular weight excluding hydrogens is 238 g/mol. The predicted octanol–water partition coefficient (Wildman–Crippen LogP) is 1.84. The molecule has 0 unspecified atom stereocenters. The number of aromatic nitrogens is 1. The lowest BCUT2D eigenvalue weighted by Gasteiger charge is -2.11. The minimum Gasteiger partial charge on any atom is -0.470 e. The van der Waals surface area contributed by atoms with E-state index in [2.05, 4.69) is 10.3 Å². The Morgan fingerprint density at radius 3 is 2.78 bits per heavy atom. The molecule has 0 atom stereocenters. The molecule has 0 amide bonds.